The van der Waals surface area contributed by atoms with Crippen molar-refractivity contribution >= 4 is 11.9 Å². The molecule has 0 fully saturated rings. The zero-order valence-corrected chi connectivity index (χ0v) is 13.0. The van der Waals surface area contributed by atoms with E-state index in [2.05, 4.69) is 20.7 Å². The molecule has 0 saturated heterocycles. The summed E-state index contributed by atoms with van der Waals surface area (Å²) in [5.74, 6) is 2.69. The highest BCUT2D eigenvalue weighted by Gasteiger charge is 2.02. The Kier molecular flexibility index (Phi) is 10.1. The lowest BCUT2D eigenvalue weighted by Crippen LogP contribution is -1.98. The lowest BCUT2D eigenvalue weighted by molar-refractivity contribution is 0.0652. The number of aliphatic hydroxyl groups excluding tert-OH is 2. The Morgan fingerprint density at radius 2 is 1.21 bits per heavy atom. The van der Waals surface area contributed by atoms with E-state index in [1.165, 1.54) is 36.8 Å². The molecule has 0 radical (unpaired) electrons. The van der Waals surface area contributed by atoms with Crippen molar-refractivity contribution in [3.8, 4) is 11.8 Å². The van der Waals surface area contributed by atoms with E-state index >= 15 is 0 Å². The third kappa shape index (κ3) is 10.7. The SMILES string of the molecule is CC(O)C#CC(C)O.O=C(O)c1ccco1.O=C(O)c1ccco1. The fourth-order valence-electron chi connectivity index (χ4n) is 1.04. The van der Waals surface area contributed by atoms with Crippen LogP contribution in [-0.2, 0) is 0 Å². The first-order valence-electron chi connectivity index (χ1n) is 6.64. The van der Waals surface area contributed by atoms with Crippen molar-refractivity contribution in [3.63, 3.8) is 0 Å². The van der Waals surface area contributed by atoms with Gasteiger partial charge in [0.15, 0.2) is 0 Å². The summed E-state index contributed by atoms with van der Waals surface area (Å²) in [7, 11) is 0. The topological polar surface area (TPSA) is 141 Å². The number of rotatable bonds is 2. The van der Waals surface area contributed by atoms with Crippen molar-refractivity contribution in [1.82, 2.24) is 0 Å². The summed E-state index contributed by atoms with van der Waals surface area (Å²) in [4.78, 5) is 19.9. The van der Waals surface area contributed by atoms with Crippen LogP contribution in [0.15, 0.2) is 45.6 Å². The van der Waals surface area contributed by atoms with Crippen molar-refractivity contribution in [2.24, 2.45) is 0 Å². The van der Waals surface area contributed by atoms with Crippen molar-refractivity contribution < 1.29 is 38.8 Å². The third-order valence-corrected chi connectivity index (χ3v) is 1.97. The molecule has 24 heavy (non-hydrogen) atoms. The molecule has 0 aliphatic rings. The summed E-state index contributed by atoms with van der Waals surface area (Å²) in [6.07, 6.45) is 1.38. The number of hydrogen-bond acceptors (Lipinski definition) is 6. The van der Waals surface area contributed by atoms with Gasteiger partial charge in [0, 0.05) is 0 Å². The molecule has 0 bridgehead atoms. The maximum Gasteiger partial charge on any atom is 0.371 e. The molecule has 0 aromatic carbocycles. The van der Waals surface area contributed by atoms with Gasteiger partial charge in [0.25, 0.3) is 0 Å². The Balaban J connectivity index is 0.000000331. The third-order valence-electron chi connectivity index (χ3n) is 1.97. The molecule has 2 unspecified atom stereocenters. The summed E-state index contributed by atoms with van der Waals surface area (Å²) in [6.45, 7) is 3.10. The highest BCUT2D eigenvalue weighted by molar-refractivity contribution is 5.84. The lowest BCUT2D eigenvalue weighted by atomic mass is 10.3. The fraction of sp³-hybridized carbons (Fsp3) is 0.250. The summed E-state index contributed by atoms with van der Waals surface area (Å²) in [5.41, 5.74) is 0. The van der Waals surface area contributed by atoms with Gasteiger partial charge in [-0.15, -0.1) is 0 Å². The second-order valence-corrected chi connectivity index (χ2v) is 4.21. The van der Waals surface area contributed by atoms with Crippen LogP contribution in [0.5, 0.6) is 0 Å². The summed E-state index contributed by atoms with van der Waals surface area (Å²) in [6, 6.07) is 5.84. The van der Waals surface area contributed by atoms with E-state index in [0.29, 0.717) is 0 Å². The van der Waals surface area contributed by atoms with E-state index in [-0.39, 0.29) is 11.5 Å². The number of carboxylic acids is 2. The Labute approximate surface area is 138 Å². The van der Waals surface area contributed by atoms with Crippen LogP contribution >= 0.6 is 0 Å². The maximum absolute atomic E-state index is 9.97. The molecule has 8 heteroatoms. The molecule has 2 atom stereocenters. The second-order valence-electron chi connectivity index (χ2n) is 4.21. The smallest absolute Gasteiger partial charge is 0.371 e. The monoisotopic (exact) mass is 338 g/mol. The molecule has 0 aliphatic heterocycles. The number of hydrogen-bond donors (Lipinski definition) is 4. The van der Waals surface area contributed by atoms with Crippen molar-refractivity contribution in [2.45, 2.75) is 26.1 Å². The van der Waals surface area contributed by atoms with Gasteiger partial charge in [-0.2, -0.15) is 0 Å². The van der Waals surface area contributed by atoms with Crippen LogP contribution in [0.4, 0.5) is 0 Å². The minimum atomic E-state index is -1.03. The second kappa shape index (κ2) is 11.5. The van der Waals surface area contributed by atoms with Crippen LogP contribution in [0.25, 0.3) is 0 Å². The molecule has 0 aliphatic carbocycles. The lowest BCUT2D eigenvalue weighted by Gasteiger charge is -1.89. The van der Waals surface area contributed by atoms with Crippen LogP contribution in [0.3, 0.4) is 0 Å². The van der Waals surface area contributed by atoms with Gasteiger partial charge in [0.2, 0.25) is 11.5 Å². The van der Waals surface area contributed by atoms with Gasteiger partial charge in [-0.25, -0.2) is 9.59 Å². The van der Waals surface area contributed by atoms with Gasteiger partial charge < -0.3 is 29.3 Å². The van der Waals surface area contributed by atoms with Crippen molar-refractivity contribution in [2.75, 3.05) is 0 Å². The van der Waals surface area contributed by atoms with E-state index in [1.807, 2.05) is 0 Å². The number of aromatic carboxylic acids is 2. The minimum absolute atomic E-state index is 0.0231. The van der Waals surface area contributed by atoms with Crippen LogP contribution in [-0.4, -0.2) is 44.6 Å². The van der Waals surface area contributed by atoms with E-state index in [4.69, 9.17) is 20.4 Å². The quantitative estimate of drug-likeness (QED) is 0.606. The number of carbonyl (C=O) groups is 2. The summed E-state index contributed by atoms with van der Waals surface area (Å²) >= 11 is 0. The Hall–Kier alpha value is -3.02. The molecule has 8 nitrogen and oxygen atoms in total. The molecule has 0 amide bonds. The zero-order chi connectivity index (χ0) is 18.5. The average Bonchev–Trinajstić information content (AvgIpc) is 3.19. The van der Waals surface area contributed by atoms with Crippen molar-refractivity contribution in [1.29, 1.82) is 0 Å². The van der Waals surface area contributed by atoms with E-state index in [1.54, 1.807) is 13.8 Å². The van der Waals surface area contributed by atoms with Crippen LogP contribution in [0, 0.1) is 11.8 Å². The molecule has 2 aromatic rings. The number of carboxylic acid groups (broad SMARTS) is 2. The van der Waals surface area contributed by atoms with E-state index in [0.717, 1.165) is 0 Å². The first-order chi connectivity index (χ1) is 11.2. The van der Waals surface area contributed by atoms with Crippen molar-refractivity contribution in [3.05, 3.63) is 48.3 Å². The van der Waals surface area contributed by atoms with Gasteiger partial charge in [-0.05, 0) is 38.1 Å². The largest absolute Gasteiger partial charge is 0.475 e. The Morgan fingerprint density at radius 3 is 1.33 bits per heavy atom. The van der Waals surface area contributed by atoms with E-state index in [9.17, 15) is 9.59 Å². The average molecular weight is 338 g/mol. The number of aliphatic hydroxyl groups is 2. The Bertz CT molecular complexity index is 586. The molecule has 2 rings (SSSR count). The van der Waals surface area contributed by atoms with Crippen LogP contribution in [0.2, 0.25) is 0 Å². The molecule has 4 N–H and O–H groups in total. The van der Waals surface area contributed by atoms with E-state index < -0.39 is 24.1 Å². The van der Waals surface area contributed by atoms with Gasteiger partial charge >= 0.3 is 11.9 Å². The summed E-state index contributed by atoms with van der Waals surface area (Å²) < 4.78 is 8.99. The molecule has 2 aromatic heterocycles. The predicted octanol–water partition coefficient (Wildman–Crippen LogP) is 1.71. The molecule has 2 heterocycles. The molecule has 0 saturated carbocycles. The molecular formula is C16H18O8. The first kappa shape index (κ1) is 21.0. The molecule has 0 spiro atoms. The van der Waals surface area contributed by atoms with Crippen LogP contribution in [0.1, 0.15) is 35.0 Å². The molecule has 130 valence electrons. The maximum atomic E-state index is 9.97. The zero-order valence-electron chi connectivity index (χ0n) is 13.0. The van der Waals surface area contributed by atoms with Gasteiger partial charge in [-0.3, -0.25) is 0 Å². The van der Waals surface area contributed by atoms with Gasteiger partial charge in [0.1, 0.15) is 12.2 Å². The molecular weight excluding hydrogens is 320 g/mol. The van der Waals surface area contributed by atoms with Gasteiger partial charge in [-0.1, -0.05) is 11.8 Å². The van der Waals surface area contributed by atoms with Crippen LogP contribution < -0.4 is 0 Å². The minimum Gasteiger partial charge on any atom is -0.475 e. The standard InChI is InChI=1S/C6H10O2.2C5H4O3/c1-5(7)3-4-6(2)8;2*6-5(7)4-2-1-3-8-4/h5-8H,1-2H3;2*1-3H,(H,6,7). The normalized spacial score (nSPS) is 11.3. The first-order valence-corrected chi connectivity index (χ1v) is 6.64. The fourth-order valence-corrected chi connectivity index (χ4v) is 1.04. The number of furan rings is 2. The highest BCUT2D eigenvalue weighted by atomic mass is 16.4. The van der Waals surface area contributed by atoms with Gasteiger partial charge in [0.05, 0.1) is 12.5 Å². The summed E-state index contributed by atoms with van der Waals surface area (Å²) in [5, 5.41) is 33.4. The predicted molar refractivity (Wildman–Crippen MR) is 82.5 cm³/mol. The Morgan fingerprint density at radius 1 is 0.875 bits per heavy atom. The highest BCUT2D eigenvalue weighted by Crippen LogP contribution is 1.98.